The van der Waals surface area contributed by atoms with E-state index in [1.165, 1.54) is 12.1 Å². The molecule has 0 aromatic carbocycles. The van der Waals surface area contributed by atoms with Crippen molar-refractivity contribution in [2.75, 3.05) is 5.32 Å². The fraction of sp³-hybridized carbons (Fsp3) is 0.429. The number of rotatable bonds is 4. The molecule has 0 saturated carbocycles. The third-order valence-electron chi connectivity index (χ3n) is 2.88. The van der Waals surface area contributed by atoms with Crippen molar-refractivity contribution in [2.45, 2.75) is 38.9 Å². The van der Waals surface area contributed by atoms with Crippen molar-refractivity contribution >= 4 is 17.2 Å². The standard InChI is InChI=1S/C14H16F3N3S/c1-8(2)13-19-10(7-21-13)9(3)18-12-6-4-5-11(20-12)14(15,16)17/h4-9H,1-3H3,(H,18,20). The molecule has 0 fully saturated rings. The molecule has 2 aromatic heterocycles. The van der Waals surface area contributed by atoms with Crippen LogP contribution in [0.3, 0.4) is 0 Å². The van der Waals surface area contributed by atoms with Gasteiger partial charge in [0.2, 0.25) is 0 Å². The van der Waals surface area contributed by atoms with Crippen LogP contribution in [0.25, 0.3) is 0 Å². The molecule has 1 N–H and O–H groups in total. The Kier molecular flexibility index (Phi) is 4.51. The maximum absolute atomic E-state index is 12.6. The summed E-state index contributed by atoms with van der Waals surface area (Å²) >= 11 is 1.55. The smallest absolute Gasteiger partial charge is 0.362 e. The molecule has 0 aliphatic heterocycles. The fourth-order valence-corrected chi connectivity index (χ4v) is 2.66. The van der Waals surface area contributed by atoms with Crippen LogP contribution in [0.1, 0.15) is 49.1 Å². The van der Waals surface area contributed by atoms with E-state index in [9.17, 15) is 13.2 Å². The fourth-order valence-electron chi connectivity index (χ4n) is 1.73. The van der Waals surface area contributed by atoms with Gasteiger partial charge in [-0.25, -0.2) is 9.97 Å². The lowest BCUT2D eigenvalue weighted by molar-refractivity contribution is -0.141. The molecule has 0 saturated heterocycles. The van der Waals surface area contributed by atoms with Gasteiger partial charge in [0.05, 0.1) is 16.7 Å². The van der Waals surface area contributed by atoms with Crippen molar-refractivity contribution < 1.29 is 13.2 Å². The molecule has 1 atom stereocenters. The summed E-state index contributed by atoms with van der Waals surface area (Å²) in [5.74, 6) is 0.527. The first-order chi connectivity index (χ1) is 9.77. The van der Waals surface area contributed by atoms with Crippen LogP contribution >= 0.6 is 11.3 Å². The van der Waals surface area contributed by atoms with Gasteiger partial charge >= 0.3 is 6.18 Å². The summed E-state index contributed by atoms with van der Waals surface area (Å²) < 4.78 is 37.9. The van der Waals surface area contributed by atoms with Gasteiger partial charge < -0.3 is 5.32 Å². The van der Waals surface area contributed by atoms with E-state index in [0.717, 1.165) is 16.8 Å². The largest absolute Gasteiger partial charge is 0.433 e. The molecule has 0 aliphatic rings. The van der Waals surface area contributed by atoms with Crippen LogP contribution in [-0.4, -0.2) is 9.97 Å². The second kappa shape index (κ2) is 6.01. The molecule has 21 heavy (non-hydrogen) atoms. The molecular formula is C14H16F3N3S. The van der Waals surface area contributed by atoms with Crippen molar-refractivity contribution in [1.82, 2.24) is 9.97 Å². The summed E-state index contributed by atoms with van der Waals surface area (Å²) in [7, 11) is 0. The number of thiazole rings is 1. The molecule has 2 rings (SSSR count). The molecule has 1 unspecified atom stereocenters. The highest BCUT2D eigenvalue weighted by atomic mass is 32.1. The number of halogens is 3. The third-order valence-corrected chi connectivity index (χ3v) is 4.04. The third kappa shape index (κ3) is 3.93. The molecular weight excluding hydrogens is 299 g/mol. The van der Waals surface area contributed by atoms with Gasteiger partial charge in [0, 0.05) is 11.3 Å². The highest BCUT2D eigenvalue weighted by Gasteiger charge is 2.32. The lowest BCUT2D eigenvalue weighted by Gasteiger charge is -2.14. The van der Waals surface area contributed by atoms with Gasteiger partial charge in [0.25, 0.3) is 0 Å². The quantitative estimate of drug-likeness (QED) is 0.876. The van der Waals surface area contributed by atoms with Crippen molar-refractivity contribution in [1.29, 1.82) is 0 Å². The van der Waals surface area contributed by atoms with Gasteiger partial charge in [-0.3, -0.25) is 0 Å². The van der Waals surface area contributed by atoms with E-state index in [4.69, 9.17) is 0 Å². The molecule has 2 heterocycles. The first-order valence-corrected chi connectivity index (χ1v) is 7.41. The zero-order valence-electron chi connectivity index (χ0n) is 11.9. The van der Waals surface area contributed by atoms with Crippen molar-refractivity contribution in [3.8, 4) is 0 Å². The number of nitrogens with zero attached hydrogens (tertiary/aromatic N) is 2. The van der Waals surface area contributed by atoms with Crippen LogP contribution in [-0.2, 0) is 6.18 Å². The van der Waals surface area contributed by atoms with E-state index >= 15 is 0 Å². The monoisotopic (exact) mass is 315 g/mol. The molecule has 0 amide bonds. The number of anilines is 1. The van der Waals surface area contributed by atoms with Gasteiger partial charge in [-0.15, -0.1) is 11.3 Å². The number of alkyl halides is 3. The van der Waals surface area contributed by atoms with Crippen LogP contribution in [0.2, 0.25) is 0 Å². The van der Waals surface area contributed by atoms with Gasteiger partial charge in [0.1, 0.15) is 11.5 Å². The highest BCUT2D eigenvalue weighted by Crippen LogP contribution is 2.29. The van der Waals surface area contributed by atoms with E-state index in [-0.39, 0.29) is 11.9 Å². The zero-order chi connectivity index (χ0) is 15.6. The minimum absolute atomic E-state index is 0.191. The summed E-state index contributed by atoms with van der Waals surface area (Å²) in [6.07, 6.45) is -4.44. The average molecular weight is 315 g/mol. The molecule has 0 bridgehead atoms. The lowest BCUT2D eigenvalue weighted by Crippen LogP contribution is -2.12. The average Bonchev–Trinajstić information content (AvgIpc) is 2.88. The topological polar surface area (TPSA) is 37.8 Å². The minimum atomic E-state index is -4.44. The Bertz CT molecular complexity index is 608. The maximum atomic E-state index is 12.6. The summed E-state index contributed by atoms with van der Waals surface area (Å²) in [4.78, 5) is 8.07. The second-order valence-corrected chi connectivity index (χ2v) is 5.93. The molecule has 0 aliphatic carbocycles. The predicted octanol–water partition coefficient (Wildman–Crippen LogP) is 4.85. The highest BCUT2D eigenvalue weighted by molar-refractivity contribution is 7.09. The Hall–Kier alpha value is -1.63. The molecule has 114 valence electrons. The zero-order valence-corrected chi connectivity index (χ0v) is 12.7. The number of nitrogens with one attached hydrogen (secondary N) is 1. The number of hydrogen-bond donors (Lipinski definition) is 1. The van der Waals surface area contributed by atoms with Gasteiger partial charge in [0.15, 0.2) is 0 Å². The van der Waals surface area contributed by atoms with E-state index in [2.05, 4.69) is 29.1 Å². The molecule has 0 spiro atoms. The van der Waals surface area contributed by atoms with E-state index in [0.29, 0.717) is 5.92 Å². The Morgan fingerprint density at radius 2 is 1.86 bits per heavy atom. The van der Waals surface area contributed by atoms with E-state index < -0.39 is 11.9 Å². The summed E-state index contributed by atoms with van der Waals surface area (Å²) in [6.45, 7) is 5.95. The van der Waals surface area contributed by atoms with E-state index in [1.807, 2.05) is 12.3 Å². The molecule has 7 heteroatoms. The lowest BCUT2D eigenvalue weighted by atomic mass is 10.2. The maximum Gasteiger partial charge on any atom is 0.433 e. The first kappa shape index (κ1) is 15.8. The van der Waals surface area contributed by atoms with Crippen LogP contribution in [0.5, 0.6) is 0 Å². The van der Waals surface area contributed by atoms with Crippen LogP contribution < -0.4 is 5.32 Å². The van der Waals surface area contributed by atoms with Crippen molar-refractivity contribution in [2.24, 2.45) is 0 Å². The predicted molar refractivity (Wildman–Crippen MR) is 77.5 cm³/mol. The Labute approximate surface area is 125 Å². The SMILES string of the molecule is CC(C)c1nc(C(C)Nc2cccc(C(F)(F)F)n2)cs1. The van der Waals surface area contributed by atoms with Crippen LogP contribution in [0.4, 0.5) is 19.0 Å². The normalized spacial score (nSPS) is 13.5. The van der Waals surface area contributed by atoms with E-state index in [1.54, 1.807) is 11.3 Å². The molecule has 3 nitrogen and oxygen atoms in total. The number of aromatic nitrogens is 2. The minimum Gasteiger partial charge on any atom is -0.362 e. The van der Waals surface area contributed by atoms with Crippen LogP contribution in [0, 0.1) is 0 Å². The Balaban J connectivity index is 2.13. The number of hydrogen-bond acceptors (Lipinski definition) is 4. The number of pyridine rings is 1. The summed E-state index contributed by atoms with van der Waals surface area (Å²) in [5, 5.41) is 5.88. The van der Waals surface area contributed by atoms with Crippen LogP contribution in [0.15, 0.2) is 23.6 Å². The molecule has 2 aromatic rings. The second-order valence-electron chi connectivity index (χ2n) is 5.04. The van der Waals surface area contributed by atoms with Gasteiger partial charge in [-0.2, -0.15) is 13.2 Å². The van der Waals surface area contributed by atoms with Gasteiger partial charge in [-0.1, -0.05) is 19.9 Å². The van der Waals surface area contributed by atoms with Crippen molar-refractivity contribution in [3.05, 3.63) is 40.0 Å². The summed E-state index contributed by atoms with van der Waals surface area (Å²) in [5.41, 5.74) is -0.0937. The summed E-state index contributed by atoms with van der Waals surface area (Å²) in [6, 6.07) is 3.60. The Morgan fingerprint density at radius 1 is 1.14 bits per heavy atom. The first-order valence-electron chi connectivity index (χ1n) is 6.53. The Morgan fingerprint density at radius 3 is 2.43 bits per heavy atom. The van der Waals surface area contributed by atoms with Crippen molar-refractivity contribution in [3.63, 3.8) is 0 Å². The van der Waals surface area contributed by atoms with Gasteiger partial charge in [-0.05, 0) is 19.1 Å². The molecule has 0 radical (unpaired) electrons.